The van der Waals surface area contributed by atoms with E-state index < -0.39 is 0 Å². The number of hydrogen-bond donors (Lipinski definition) is 2. The van der Waals surface area contributed by atoms with Gasteiger partial charge in [0.1, 0.15) is 0 Å². The van der Waals surface area contributed by atoms with Crippen LogP contribution in [0.1, 0.15) is 20.3 Å². The molecule has 0 saturated carbocycles. The summed E-state index contributed by atoms with van der Waals surface area (Å²) >= 11 is 0. The highest BCUT2D eigenvalue weighted by molar-refractivity contribution is 5.85. The summed E-state index contributed by atoms with van der Waals surface area (Å²) in [5.41, 5.74) is 0.424. The van der Waals surface area contributed by atoms with Crippen molar-refractivity contribution in [2.24, 2.45) is 5.41 Å². The first-order chi connectivity index (χ1) is 8.63. The van der Waals surface area contributed by atoms with Crippen LogP contribution < -0.4 is 10.6 Å². The van der Waals surface area contributed by atoms with Crippen LogP contribution in [-0.4, -0.2) is 68.2 Å². The Hall–Kier alpha value is -0.520. The van der Waals surface area contributed by atoms with Crippen molar-refractivity contribution in [3.63, 3.8) is 0 Å². The highest BCUT2D eigenvalue weighted by atomic mass is 35.5. The number of urea groups is 1. The van der Waals surface area contributed by atoms with Gasteiger partial charge in [-0.3, -0.25) is 4.90 Å². The molecule has 2 amide bonds. The van der Waals surface area contributed by atoms with E-state index in [1.807, 2.05) is 11.8 Å². The zero-order chi connectivity index (χ0) is 13.0. The van der Waals surface area contributed by atoms with Gasteiger partial charge < -0.3 is 15.5 Å². The lowest BCUT2D eigenvalue weighted by Gasteiger charge is -2.38. The van der Waals surface area contributed by atoms with Crippen molar-refractivity contribution >= 4 is 18.4 Å². The van der Waals surface area contributed by atoms with Crippen molar-refractivity contribution in [2.75, 3.05) is 52.4 Å². The standard InChI is InChI=1S/C13H26N4O.ClH/c1-3-15-12(18)17-8-6-16(7-9-17)11-13(2)4-5-14-10-13;/h14H,3-11H2,1-2H3,(H,15,18);1H. The summed E-state index contributed by atoms with van der Waals surface area (Å²) in [5, 5.41) is 6.31. The maximum absolute atomic E-state index is 11.7. The van der Waals surface area contributed by atoms with Gasteiger partial charge in [0, 0.05) is 45.8 Å². The Labute approximate surface area is 122 Å². The summed E-state index contributed by atoms with van der Waals surface area (Å²) in [6.07, 6.45) is 1.27. The van der Waals surface area contributed by atoms with Gasteiger partial charge in [-0.2, -0.15) is 0 Å². The van der Waals surface area contributed by atoms with E-state index in [9.17, 15) is 4.79 Å². The normalized spacial score (nSPS) is 28.0. The zero-order valence-electron chi connectivity index (χ0n) is 12.1. The lowest BCUT2D eigenvalue weighted by molar-refractivity contribution is 0.108. The summed E-state index contributed by atoms with van der Waals surface area (Å²) in [6, 6.07) is 0.0888. The zero-order valence-corrected chi connectivity index (χ0v) is 12.9. The molecular weight excluding hydrogens is 264 g/mol. The number of carbonyl (C=O) groups is 1. The quantitative estimate of drug-likeness (QED) is 0.807. The van der Waals surface area contributed by atoms with Gasteiger partial charge in [-0.25, -0.2) is 4.79 Å². The molecule has 1 atom stereocenters. The van der Waals surface area contributed by atoms with Gasteiger partial charge >= 0.3 is 6.03 Å². The van der Waals surface area contributed by atoms with E-state index in [0.29, 0.717) is 12.0 Å². The minimum Gasteiger partial charge on any atom is -0.338 e. The Kier molecular flexibility index (Phi) is 6.36. The van der Waals surface area contributed by atoms with Crippen molar-refractivity contribution in [1.29, 1.82) is 0 Å². The lowest BCUT2D eigenvalue weighted by atomic mass is 9.89. The molecule has 2 rings (SSSR count). The van der Waals surface area contributed by atoms with E-state index in [0.717, 1.165) is 45.8 Å². The molecule has 0 radical (unpaired) electrons. The van der Waals surface area contributed by atoms with Crippen LogP contribution in [0.2, 0.25) is 0 Å². The highest BCUT2D eigenvalue weighted by Crippen LogP contribution is 2.26. The molecule has 6 heteroatoms. The van der Waals surface area contributed by atoms with Crippen LogP contribution in [0.3, 0.4) is 0 Å². The van der Waals surface area contributed by atoms with Crippen molar-refractivity contribution in [3.05, 3.63) is 0 Å². The molecule has 2 aliphatic heterocycles. The van der Waals surface area contributed by atoms with Gasteiger partial charge in [-0.05, 0) is 25.3 Å². The molecule has 0 spiro atoms. The van der Waals surface area contributed by atoms with Gasteiger partial charge in [0.25, 0.3) is 0 Å². The Morgan fingerprint density at radius 3 is 2.53 bits per heavy atom. The van der Waals surface area contributed by atoms with Crippen LogP contribution in [0.15, 0.2) is 0 Å². The Morgan fingerprint density at radius 1 is 1.32 bits per heavy atom. The highest BCUT2D eigenvalue weighted by Gasteiger charge is 2.32. The van der Waals surface area contributed by atoms with E-state index >= 15 is 0 Å². The molecule has 2 fully saturated rings. The molecule has 0 aromatic heterocycles. The number of hydrogen-bond acceptors (Lipinski definition) is 3. The third-order valence-corrected chi connectivity index (χ3v) is 4.05. The molecule has 0 aromatic rings. The monoisotopic (exact) mass is 290 g/mol. The van der Waals surface area contributed by atoms with Gasteiger partial charge in [0.2, 0.25) is 0 Å². The maximum Gasteiger partial charge on any atom is 0.317 e. The predicted molar refractivity (Wildman–Crippen MR) is 79.9 cm³/mol. The number of carbonyl (C=O) groups excluding carboxylic acids is 1. The molecule has 112 valence electrons. The molecule has 2 N–H and O–H groups in total. The Balaban J connectivity index is 0.00000180. The van der Waals surface area contributed by atoms with Crippen molar-refractivity contribution in [3.8, 4) is 0 Å². The fraction of sp³-hybridized carbons (Fsp3) is 0.923. The molecule has 0 aromatic carbocycles. The molecule has 2 aliphatic rings. The number of halogens is 1. The molecule has 19 heavy (non-hydrogen) atoms. The number of nitrogens with zero attached hydrogens (tertiary/aromatic N) is 2. The Morgan fingerprint density at radius 2 is 2.00 bits per heavy atom. The van der Waals surface area contributed by atoms with Crippen LogP contribution in [0, 0.1) is 5.41 Å². The largest absolute Gasteiger partial charge is 0.338 e. The molecular formula is C13H27ClN4O. The fourth-order valence-corrected chi connectivity index (χ4v) is 2.92. The summed E-state index contributed by atoms with van der Waals surface area (Å²) in [6.45, 7) is 12.2. The average Bonchev–Trinajstić information content (AvgIpc) is 2.77. The first-order valence-electron chi connectivity index (χ1n) is 7.09. The number of amides is 2. The summed E-state index contributed by atoms with van der Waals surface area (Å²) in [5.74, 6) is 0. The van der Waals surface area contributed by atoms with E-state index in [4.69, 9.17) is 0 Å². The van der Waals surface area contributed by atoms with Crippen molar-refractivity contribution < 1.29 is 4.79 Å². The molecule has 0 aliphatic carbocycles. The first-order valence-corrected chi connectivity index (χ1v) is 7.09. The SMILES string of the molecule is CCNC(=O)N1CCN(CC2(C)CCNC2)CC1.Cl. The van der Waals surface area contributed by atoms with Crippen molar-refractivity contribution in [1.82, 2.24) is 20.4 Å². The molecule has 2 heterocycles. The average molecular weight is 291 g/mol. The van der Waals surface area contributed by atoms with Gasteiger partial charge in [-0.1, -0.05) is 6.92 Å². The van der Waals surface area contributed by atoms with Gasteiger partial charge in [-0.15, -0.1) is 12.4 Å². The number of nitrogens with one attached hydrogen (secondary N) is 2. The van der Waals surface area contributed by atoms with E-state index in [1.165, 1.54) is 6.42 Å². The lowest BCUT2D eigenvalue weighted by Crippen LogP contribution is -2.53. The second-order valence-electron chi connectivity index (χ2n) is 5.84. The van der Waals surface area contributed by atoms with Crippen LogP contribution in [0.4, 0.5) is 4.79 Å². The second kappa shape index (κ2) is 7.31. The topological polar surface area (TPSA) is 47.6 Å². The minimum absolute atomic E-state index is 0. The van der Waals surface area contributed by atoms with Crippen LogP contribution in [0.5, 0.6) is 0 Å². The molecule has 1 unspecified atom stereocenters. The molecule has 2 saturated heterocycles. The maximum atomic E-state index is 11.7. The van der Waals surface area contributed by atoms with E-state index in [-0.39, 0.29) is 18.4 Å². The van der Waals surface area contributed by atoms with Gasteiger partial charge in [0.05, 0.1) is 0 Å². The first kappa shape index (κ1) is 16.5. The van der Waals surface area contributed by atoms with Gasteiger partial charge in [0.15, 0.2) is 0 Å². The summed E-state index contributed by atoms with van der Waals surface area (Å²) in [7, 11) is 0. The predicted octanol–water partition coefficient (Wildman–Crippen LogP) is 0.755. The van der Waals surface area contributed by atoms with Crippen LogP contribution in [-0.2, 0) is 0 Å². The summed E-state index contributed by atoms with van der Waals surface area (Å²) < 4.78 is 0. The third-order valence-electron chi connectivity index (χ3n) is 4.05. The fourth-order valence-electron chi connectivity index (χ4n) is 2.92. The minimum atomic E-state index is 0. The third kappa shape index (κ3) is 4.51. The number of rotatable bonds is 3. The van der Waals surface area contributed by atoms with Crippen molar-refractivity contribution in [2.45, 2.75) is 20.3 Å². The second-order valence-corrected chi connectivity index (χ2v) is 5.84. The van der Waals surface area contributed by atoms with Crippen LogP contribution >= 0.6 is 12.4 Å². The number of piperazine rings is 1. The van der Waals surface area contributed by atoms with Crippen LogP contribution in [0.25, 0.3) is 0 Å². The summed E-state index contributed by atoms with van der Waals surface area (Å²) in [4.78, 5) is 16.1. The smallest absolute Gasteiger partial charge is 0.317 e. The van der Waals surface area contributed by atoms with E-state index in [1.54, 1.807) is 0 Å². The molecule has 0 bridgehead atoms. The van der Waals surface area contributed by atoms with E-state index in [2.05, 4.69) is 22.5 Å². The molecule has 5 nitrogen and oxygen atoms in total. The Bertz CT molecular complexity index is 286.